The monoisotopic (exact) mass is 179 g/mol. The Morgan fingerprint density at radius 3 is 2.54 bits per heavy atom. The molecule has 0 saturated heterocycles. The lowest BCUT2D eigenvalue weighted by molar-refractivity contribution is -0.127. The maximum Gasteiger partial charge on any atom is 0.179 e. The number of ether oxygens (including phenoxy) is 1. The fourth-order valence-corrected chi connectivity index (χ4v) is 1.19. The van der Waals surface area contributed by atoms with Crippen LogP contribution in [0.25, 0.3) is 0 Å². The second kappa shape index (κ2) is 4.74. The zero-order valence-corrected chi connectivity index (χ0v) is 7.57. The van der Waals surface area contributed by atoms with E-state index < -0.39 is 6.10 Å². The lowest BCUT2D eigenvalue weighted by Gasteiger charge is -2.12. The highest BCUT2D eigenvalue weighted by atomic mass is 16.5. The standard InChI is InChI=1S/C10H13NO2/c1-13-10(9(12)7-11)8-5-3-2-4-6-8/h2-6,10H,7,11H2,1H3/t10-/m1/s1. The van der Waals surface area contributed by atoms with Gasteiger partial charge in [-0.3, -0.25) is 4.79 Å². The molecule has 0 unspecified atom stereocenters. The van der Waals surface area contributed by atoms with Crippen LogP contribution in [0.3, 0.4) is 0 Å². The Balaban J connectivity index is 2.85. The van der Waals surface area contributed by atoms with E-state index in [1.54, 1.807) is 0 Å². The Bertz CT molecular complexity index is 272. The quantitative estimate of drug-likeness (QED) is 0.747. The van der Waals surface area contributed by atoms with E-state index in [-0.39, 0.29) is 12.3 Å². The predicted octanol–water partition coefficient (Wildman–Crippen LogP) is 0.902. The van der Waals surface area contributed by atoms with E-state index in [9.17, 15) is 4.79 Å². The summed E-state index contributed by atoms with van der Waals surface area (Å²) < 4.78 is 5.06. The van der Waals surface area contributed by atoms with Crippen LogP contribution in [0.5, 0.6) is 0 Å². The predicted molar refractivity (Wildman–Crippen MR) is 50.3 cm³/mol. The second-order valence-corrected chi connectivity index (χ2v) is 2.70. The number of methoxy groups -OCH3 is 1. The summed E-state index contributed by atoms with van der Waals surface area (Å²) in [5.74, 6) is -0.103. The number of carbonyl (C=O) groups is 1. The number of Topliss-reactive ketones (excluding diaryl/α,β-unsaturated/α-hetero) is 1. The van der Waals surface area contributed by atoms with Crippen molar-refractivity contribution >= 4 is 5.78 Å². The maximum absolute atomic E-state index is 11.3. The minimum Gasteiger partial charge on any atom is -0.369 e. The molecule has 0 fully saturated rings. The summed E-state index contributed by atoms with van der Waals surface area (Å²) in [7, 11) is 1.51. The largest absolute Gasteiger partial charge is 0.369 e. The van der Waals surface area contributed by atoms with Gasteiger partial charge in [-0.05, 0) is 5.56 Å². The first kappa shape index (κ1) is 9.89. The number of benzene rings is 1. The molecule has 70 valence electrons. The fourth-order valence-electron chi connectivity index (χ4n) is 1.19. The molecule has 0 aromatic heterocycles. The molecule has 3 heteroatoms. The molecule has 1 aromatic carbocycles. The van der Waals surface area contributed by atoms with Crippen LogP contribution in [0.1, 0.15) is 11.7 Å². The molecule has 0 aliphatic carbocycles. The van der Waals surface area contributed by atoms with Crippen LogP contribution in [-0.2, 0) is 9.53 Å². The second-order valence-electron chi connectivity index (χ2n) is 2.70. The van der Waals surface area contributed by atoms with Crippen molar-refractivity contribution in [1.82, 2.24) is 0 Å². The minimum atomic E-state index is -0.522. The SMILES string of the molecule is CO[C@@H](C(=O)CN)c1ccccc1. The Morgan fingerprint density at radius 2 is 2.08 bits per heavy atom. The lowest BCUT2D eigenvalue weighted by Crippen LogP contribution is -2.22. The van der Waals surface area contributed by atoms with Crippen LogP contribution in [-0.4, -0.2) is 19.4 Å². The minimum absolute atomic E-state index is 0.00734. The highest BCUT2D eigenvalue weighted by Crippen LogP contribution is 2.16. The number of hydrogen-bond donors (Lipinski definition) is 1. The summed E-state index contributed by atoms with van der Waals surface area (Å²) in [6.45, 7) is 0.00734. The van der Waals surface area contributed by atoms with Gasteiger partial charge in [0, 0.05) is 7.11 Å². The molecule has 1 rings (SSSR count). The van der Waals surface area contributed by atoms with Crippen molar-refractivity contribution in [3.8, 4) is 0 Å². The molecular formula is C10H13NO2. The molecule has 0 saturated carbocycles. The van der Waals surface area contributed by atoms with Crippen molar-refractivity contribution in [2.75, 3.05) is 13.7 Å². The van der Waals surface area contributed by atoms with E-state index in [1.807, 2.05) is 30.3 Å². The van der Waals surface area contributed by atoms with E-state index in [2.05, 4.69) is 0 Å². The summed E-state index contributed by atoms with van der Waals surface area (Å²) >= 11 is 0. The highest BCUT2D eigenvalue weighted by Gasteiger charge is 2.17. The van der Waals surface area contributed by atoms with Crippen LogP contribution in [0, 0.1) is 0 Å². The van der Waals surface area contributed by atoms with Gasteiger partial charge >= 0.3 is 0 Å². The Morgan fingerprint density at radius 1 is 1.46 bits per heavy atom. The van der Waals surface area contributed by atoms with Crippen LogP contribution in [0.4, 0.5) is 0 Å². The molecule has 13 heavy (non-hydrogen) atoms. The van der Waals surface area contributed by atoms with Crippen molar-refractivity contribution in [2.24, 2.45) is 5.73 Å². The number of nitrogens with two attached hydrogens (primary N) is 1. The fraction of sp³-hybridized carbons (Fsp3) is 0.300. The summed E-state index contributed by atoms with van der Waals surface area (Å²) in [6, 6.07) is 9.32. The van der Waals surface area contributed by atoms with Crippen molar-refractivity contribution in [1.29, 1.82) is 0 Å². The normalized spacial score (nSPS) is 12.5. The zero-order valence-electron chi connectivity index (χ0n) is 7.57. The van der Waals surface area contributed by atoms with Gasteiger partial charge in [0.2, 0.25) is 0 Å². The third-order valence-electron chi connectivity index (χ3n) is 1.83. The van der Waals surface area contributed by atoms with Crippen molar-refractivity contribution in [2.45, 2.75) is 6.10 Å². The van der Waals surface area contributed by atoms with Crippen molar-refractivity contribution in [3.63, 3.8) is 0 Å². The maximum atomic E-state index is 11.3. The Kier molecular flexibility index (Phi) is 3.61. The van der Waals surface area contributed by atoms with Crippen LogP contribution in [0.2, 0.25) is 0 Å². The molecule has 0 aliphatic rings. The highest BCUT2D eigenvalue weighted by molar-refractivity contribution is 5.85. The Hall–Kier alpha value is -1.19. The van der Waals surface area contributed by atoms with Gasteiger partial charge in [0.1, 0.15) is 6.10 Å². The molecule has 0 amide bonds. The molecule has 0 spiro atoms. The zero-order chi connectivity index (χ0) is 9.68. The molecule has 3 nitrogen and oxygen atoms in total. The first-order chi connectivity index (χ1) is 6.29. The third kappa shape index (κ3) is 2.37. The van der Waals surface area contributed by atoms with E-state index in [0.29, 0.717) is 0 Å². The number of ketones is 1. The first-order valence-corrected chi connectivity index (χ1v) is 4.10. The number of carbonyl (C=O) groups excluding carboxylic acids is 1. The van der Waals surface area contributed by atoms with Gasteiger partial charge in [-0.25, -0.2) is 0 Å². The number of hydrogen-bond acceptors (Lipinski definition) is 3. The molecule has 2 N–H and O–H groups in total. The molecule has 1 aromatic rings. The van der Waals surface area contributed by atoms with Gasteiger partial charge in [0.15, 0.2) is 5.78 Å². The van der Waals surface area contributed by atoms with Crippen LogP contribution in [0.15, 0.2) is 30.3 Å². The molecule has 0 aliphatic heterocycles. The summed E-state index contributed by atoms with van der Waals surface area (Å²) in [4.78, 5) is 11.3. The van der Waals surface area contributed by atoms with Gasteiger partial charge in [0.25, 0.3) is 0 Å². The van der Waals surface area contributed by atoms with E-state index in [4.69, 9.17) is 10.5 Å². The third-order valence-corrected chi connectivity index (χ3v) is 1.83. The summed E-state index contributed by atoms with van der Waals surface area (Å²) in [6.07, 6.45) is -0.522. The lowest BCUT2D eigenvalue weighted by atomic mass is 10.1. The summed E-state index contributed by atoms with van der Waals surface area (Å²) in [5, 5.41) is 0. The average Bonchev–Trinajstić information content (AvgIpc) is 2.20. The van der Waals surface area contributed by atoms with Gasteiger partial charge in [0.05, 0.1) is 6.54 Å². The first-order valence-electron chi connectivity index (χ1n) is 4.10. The van der Waals surface area contributed by atoms with E-state index >= 15 is 0 Å². The van der Waals surface area contributed by atoms with Gasteiger partial charge < -0.3 is 10.5 Å². The van der Waals surface area contributed by atoms with Crippen molar-refractivity contribution < 1.29 is 9.53 Å². The number of rotatable bonds is 4. The molecule has 0 heterocycles. The van der Waals surface area contributed by atoms with Crippen molar-refractivity contribution in [3.05, 3.63) is 35.9 Å². The van der Waals surface area contributed by atoms with E-state index in [1.165, 1.54) is 7.11 Å². The topological polar surface area (TPSA) is 52.3 Å². The molecule has 1 atom stereocenters. The summed E-state index contributed by atoms with van der Waals surface area (Å²) in [5.41, 5.74) is 6.10. The molecule has 0 radical (unpaired) electrons. The van der Waals surface area contributed by atoms with Crippen LogP contribution >= 0.6 is 0 Å². The Labute approximate surface area is 77.5 Å². The van der Waals surface area contributed by atoms with Gasteiger partial charge in [-0.15, -0.1) is 0 Å². The van der Waals surface area contributed by atoms with E-state index in [0.717, 1.165) is 5.56 Å². The van der Waals surface area contributed by atoms with Gasteiger partial charge in [-0.1, -0.05) is 30.3 Å². The van der Waals surface area contributed by atoms with Crippen LogP contribution < -0.4 is 5.73 Å². The average molecular weight is 179 g/mol. The van der Waals surface area contributed by atoms with Gasteiger partial charge in [-0.2, -0.15) is 0 Å². The smallest absolute Gasteiger partial charge is 0.179 e. The molecule has 0 bridgehead atoms. The molecular weight excluding hydrogens is 166 g/mol.